The quantitative estimate of drug-likeness (QED) is 0.781. The standard InChI is InChI=1S/C18H19N3OS/c1-13(14-8-4-3-5-9-14)19-18(22)21(2)12-17-20-15-10-6-7-11-16(15)23-17/h3-11,13H,12H2,1-2H3,(H,19,22). The van der Waals surface area contributed by atoms with Crippen molar-refractivity contribution in [2.24, 2.45) is 0 Å². The number of thiazole rings is 1. The van der Waals surface area contributed by atoms with Gasteiger partial charge in [0, 0.05) is 7.05 Å². The maximum atomic E-state index is 12.3. The molecule has 3 rings (SSSR count). The van der Waals surface area contributed by atoms with Crippen LogP contribution < -0.4 is 5.32 Å². The monoisotopic (exact) mass is 325 g/mol. The van der Waals surface area contributed by atoms with Crippen molar-refractivity contribution in [2.75, 3.05) is 7.05 Å². The predicted octanol–water partition coefficient (Wildman–Crippen LogP) is 4.20. The fraction of sp³-hybridized carbons (Fsp3) is 0.222. The zero-order chi connectivity index (χ0) is 16.2. The van der Waals surface area contributed by atoms with Crippen molar-refractivity contribution in [3.8, 4) is 0 Å². The van der Waals surface area contributed by atoms with Crippen molar-refractivity contribution in [1.29, 1.82) is 0 Å². The summed E-state index contributed by atoms with van der Waals surface area (Å²) in [5.41, 5.74) is 2.08. The van der Waals surface area contributed by atoms with Gasteiger partial charge < -0.3 is 10.2 Å². The molecule has 3 aromatic rings. The van der Waals surface area contributed by atoms with E-state index < -0.39 is 0 Å². The molecule has 0 saturated carbocycles. The molecular formula is C18H19N3OS. The van der Waals surface area contributed by atoms with E-state index in [4.69, 9.17) is 0 Å². The molecule has 2 amide bonds. The number of nitrogens with one attached hydrogen (secondary N) is 1. The van der Waals surface area contributed by atoms with Crippen LogP contribution in [0.15, 0.2) is 54.6 Å². The van der Waals surface area contributed by atoms with Gasteiger partial charge in [-0.2, -0.15) is 0 Å². The second-order valence-corrected chi connectivity index (χ2v) is 6.63. The van der Waals surface area contributed by atoms with Gasteiger partial charge in [-0.1, -0.05) is 42.5 Å². The third kappa shape index (κ3) is 3.68. The van der Waals surface area contributed by atoms with Crippen molar-refractivity contribution >= 4 is 27.6 Å². The van der Waals surface area contributed by atoms with Gasteiger partial charge in [-0.25, -0.2) is 9.78 Å². The smallest absolute Gasteiger partial charge is 0.317 e. The second-order valence-electron chi connectivity index (χ2n) is 5.51. The van der Waals surface area contributed by atoms with Crippen molar-refractivity contribution < 1.29 is 4.79 Å². The molecule has 4 nitrogen and oxygen atoms in total. The van der Waals surface area contributed by atoms with Gasteiger partial charge >= 0.3 is 6.03 Å². The van der Waals surface area contributed by atoms with Crippen LogP contribution in [-0.2, 0) is 6.54 Å². The first kappa shape index (κ1) is 15.5. The van der Waals surface area contributed by atoms with Crippen LogP contribution in [0.1, 0.15) is 23.5 Å². The summed E-state index contributed by atoms with van der Waals surface area (Å²) in [5, 5.41) is 3.95. The number of urea groups is 1. The minimum atomic E-state index is -0.0967. The molecule has 5 heteroatoms. The van der Waals surface area contributed by atoms with E-state index in [0.717, 1.165) is 20.8 Å². The molecule has 0 radical (unpaired) electrons. The molecule has 0 bridgehead atoms. The Hall–Kier alpha value is -2.40. The van der Waals surface area contributed by atoms with Gasteiger partial charge in [0.05, 0.1) is 22.8 Å². The van der Waals surface area contributed by atoms with Crippen LogP contribution >= 0.6 is 11.3 Å². The lowest BCUT2D eigenvalue weighted by Crippen LogP contribution is -2.38. The number of rotatable bonds is 4. The molecule has 1 aromatic heterocycles. The highest BCUT2D eigenvalue weighted by Gasteiger charge is 2.15. The number of carbonyl (C=O) groups excluding carboxylic acids is 1. The van der Waals surface area contributed by atoms with E-state index in [1.165, 1.54) is 0 Å². The summed E-state index contributed by atoms with van der Waals surface area (Å²) >= 11 is 1.63. The van der Waals surface area contributed by atoms with Crippen molar-refractivity contribution in [2.45, 2.75) is 19.5 Å². The Morgan fingerprint density at radius 1 is 1.17 bits per heavy atom. The Bertz CT molecular complexity index is 767. The maximum absolute atomic E-state index is 12.3. The highest BCUT2D eigenvalue weighted by Crippen LogP contribution is 2.22. The Kier molecular flexibility index (Phi) is 4.57. The summed E-state index contributed by atoms with van der Waals surface area (Å²) in [7, 11) is 1.79. The van der Waals surface area contributed by atoms with Crippen LogP contribution in [0.25, 0.3) is 10.2 Å². The van der Waals surface area contributed by atoms with E-state index in [9.17, 15) is 4.79 Å². The molecule has 0 saturated heterocycles. The predicted molar refractivity (Wildman–Crippen MR) is 94.5 cm³/mol. The molecule has 118 valence electrons. The summed E-state index contributed by atoms with van der Waals surface area (Å²) in [6, 6.07) is 17.8. The van der Waals surface area contributed by atoms with Gasteiger partial charge in [0.25, 0.3) is 0 Å². The molecule has 1 N–H and O–H groups in total. The minimum Gasteiger partial charge on any atom is -0.331 e. The van der Waals surface area contributed by atoms with Crippen LogP contribution in [-0.4, -0.2) is 23.0 Å². The number of nitrogens with zero attached hydrogens (tertiary/aromatic N) is 2. The van der Waals surface area contributed by atoms with Crippen molar-refractivity contribution in [3.05, 3.63) is 65.2 Å². The summed E-state index contributed by atoms with van der Waals surface area (Å²) in [6.07, 6.45) is 0. The number of amides is 2. The van der Waals surface area contributed by atoms with E-state index in [1.54, 1.807) is 23.3 Å². The molecule has 1 heterocycles. The first-order chi connectivity index (χ1) is 11.1. The van der Waals surface area contributed by atoms with E-state index in [-0.39, 0.29) is 12.1 Å². The van der Waals surface area contributed by atoms with Gasteiger partial charge in [-0.3, -0.25) is 0 Å². The molecule has 0 aliphatic heterocycles. The van der Waals surface area contributed by atoms with E-state index in [0.29, 0.717) is 6.54 Å². The number of hydrogen-bond donors (Lipinski definition) is 1. The average Bonchev–Trinajstić information content (AvgIpc) is 2.97. The van der Waals surface area contributed by atoms with Crippen LogP contribution in [0.3, 0.4) is 0 Å². The fourth-order valence-corrected chi connectivity index (χ4v) is 3.40. The highest BCUT2D eigenvalue weighted by atomic mass is 32.1. The SMILES string of the molecule is CC(NC(=O)N(C)Cc1nc2ccccc2s1)c1ccccc1. The topological polar surface area (TPSA) is 45.2 Å². The van der Waals surface area contributed by atoms with Crippen LogP contribution in [0, 0.1) is 0 Å². The second kappa shape index (κ2) is 6.79. The molecular weight excluding hydrogens is 306 g/mol. The van der Waals surface area contributed by atoms with Crippen LogP contribution in [0.2, 0.25) is 0 Å². The van der Waals surface area contributed by atoms with E-state index >= 15 is 0 Å². The fourth-order valence-electron chi connectivity index (χ4n) is 2.38. The molecule has 2 aromatic carbocycles. The Labute approximate surface area is 139 Å². The number of benzene rings is 2. The van der Waals surface area contributed by atoms with Crippen molar-refractivity contribution in [1.82, 2.24) is 15.2 Å². The Morgan fingerprint density at radius 3 is 2.61 bits per heavy atom. The van der Waals surface area contributed by atoms with E-state index in [2.05, 4.69) is 10.3 Å². The first-order valence-corrected chi connectivity index (χ1v) is 8.36. The Morgan fingerprint density at radius 2 is 1.87 bits per heavy atom. The van der Waals surface area contributed by atoms with E-state index in [1.807, 2.05) is 61.5 Å². The summed E-state index contributed by atoms with van der Waals surface area (Å²) in [6.45, 7) is 2.49. The largest absolute Gasteiger partial charge is 0.331 e. The molecule has 0 aliphatic rings. The number of para-hydroxylation sites is 1. The number of hydrogen-bond acceptors (Lipinski definition) is 3. The lowest BCUT2D eigenvalue weighted by atomic mass is 10.1. The average molecular weight is 325 g/mol. The molecule has 23 heavy (non-hydrogen) atoms. The first-order valence-electron chi connectivity index (χ1n) is 7.54. The van der Waals surface area contributed by atoms with Crippen molar-refractivity contribution in [3.63, 3.8) is 0 Å². The maximum Gasteiger partial charge on any atom is 0.317 e. The number of fused-ring (bicyclic) bond motifs is 1. The lowest BCUT2D eigenvalue weighted by molar-refractivity contribution is 0.203. The van der Waals surface area contributed by atoms with Gasteiger partial charge in [-0.05, 0) is 24.6 Å². The molecule has 1 atom stereocenters. The normalized spacial score (nSPS) is 12.1. The molecule has 0 spiro atoms. The third-order valence-electron chi connectivity index (χ3n) is 3.70. The van der Waals surface area contributed by atoms with Gasteiger partial charge in [0.15, 0.2) is 0 Å². The zero-order valence-corrected chi connectivity index (χ0v) is 14.0. The van der Waals surface area contributed by atoms with Gasteiger partial charge in [0.1, 0.15) is 5.01 Å². The van der Waals surface area contributed by atoms with Crippen LogP contribution in [0.4, 0.5) is 4.79 Å². The van der Waals surface area contributed by atoms with Gasteiger partial charge in [-0.15, -0.1) is 11.3 Å². The summed E-state index contributed by atoms with van der Waals surface area (Å²) < 4.78 is 1.15. The zero-order valence-electron chi connectivity index (χ0n) is 13.2. The molecule has 1 unspecified atom stereocenters. The summed E-state index contributed by atoms with van der Waals surface area (Å²) in [4.78, 5) is 18.6. The molecule has 0 fully saturated rings. The number of carbonyl (C=O) groups is 1. The third-order valence-corrected chi connectivity index (χ3v) is 4.72. The lowest BCUT2D eigenvalue weighted by Gasteiger charge is -2.20. The van der Waals surface area contributed by atoms with Crippen LogP contribution in [0.5, 0.6) is 0 Å². The Balaban J connectivity index is 1.63. The van der Waals surface area contributed by atoms with Gasteiger partial charge in [0.2, 0.25) is 0 Å². The minimum absolute atomic E-state index is 0.0264. The highest BCUT2D eigenvalue weighted by molar-refractivity contribution is 7.18. The molecule has 0 aliphatic carbocycles. The summed E-state index contributed by atoms with van der Waals surface area (Å²) in [5.74, 6) is 0. The number of aromatic nitrogens is 1.